The zero-order chi connectivity index (χ0) is 32.5. The minimum atomic E-state index is -1.65. The molecule has 9 aromatic rings. The van der Waals surface area contributed by atoms with Gasteiger partial charge in [-0.05, 0) is 60.9 Å². The highest BCUT2D eigenvalue weighted by molar-refractivity contribution is 14.2. The lowest BCUT2D eigenvalue weighted by Crippen LogP contribution is -1.96. The number of rotatable bonds is 3. The minimum absolute atomic E-state index is 0.673. The van der Waals surface area contributed by atoms with Gasteiger partial charge >= 0.3 is 0 Å². The fourth-order valence-corrected chi connectivity index (χ4v) is 10.7. The van der Waals surface area contributed by atoms with Crippen molar-refractivity contribution < 1.29 is 0 Å². The highest BCUT2D eigenvalue weighted by atomic mass is 127. The van der Waals surface area contributed by atoms with E-state index in [4.69, 9.17) is 19.9 Å². The Bertz CT molecular complexity index is 2950. The van der Waals surface area contributed by atoms with Crippen molar-refractivity contribution in [3.63, 3.8) is 0 Å². The predicted octanol–water partition coefficient (Wildman–Crippen LogP) is 11.0. The Balaban J connectivity index is 1.15. The van der Waals surface area contributed by atoms with E-state index < -0.39 is 18.9 Å². The largest absolute Gasteiger partial charge is 0.255 e. The SMILES string of the molecule is C=I1=CC=Cc2cc(-c3cnc(-c4cccc(-c5nc6ccccc6c6c7ccccc7c7ccccc7c56)c4)nc3)c3cccnc3c21. The molecule has 0 N–H and O–H groups in total. The van der Waals surface area contributed by atoms with E-state index in [0.29, 0.717) is 5.82 Å². The van der Waals surface area contributed by atoms with Gasteiger partial charge in [0.05, 0.1) is 16.7 Å². The topological polar surface area (TPSA) is 51.6 Å². The van der Waals surface area contributed by atoms with Crippen LogP contribution in [0.2, 0.25) is 0 Å². The van der Waals surface area contributed by atoms with Crippen molar-refractivity contribution in [1.82, 2.24) is 19.9 Å². The molecule has 0 saturated carbocycles. The number of pyridine rings is 2. The average molecular weight is 739 g/mol. The first kappa shape index (κ1) is 28.2. The number of halogens is 1. The van der Waals surface area contributed by atoms with Crippen LogP contribution in [0.3, 0.4) is 0 Å². The van der Waals surface area contributed by atoms with Crippen molar-refractivity contribution >= 4 is 87.6 Å². The lowest BCUT2D eigenvalue weighted by atomic mass is 9.90. The lowest BCUT2D eigenvalue weighted by Gasteiger charge is -2.16. The van der Waals surface area contributed by atoms with Crippen LogP contribution >= 0.6 is 18.9 Å². The van der Waals surface area contributed by atoms with Crippen LogP contribution in [0.15, 0.2) is 140 Å². The number of allylic oxidation sites excluding steroid dienone is 1. The lowest BCUT2D eigenvalue weighted by molar-refractivity contribution is 1.18. The molecule has 0 atom stereocenters. The van der Waals surface area contributed by atoms with E-state index in [1.54, 1.807) is 0 Å². The van der Waals surface area contributed by atoms with Crippen LogP contribution in [0.1, 0.15) is 5.56 Å². The van der Waals surface area contributed by atoms with E-state index in [-0.39, 0.29) is 0 Å². The van der Waals surface area contributed by atoms with Crippen LogP contribution in [0.4, 0.5) is 0 Å². The van der Waals surface area contributed by atoms with E-state index in [1.165, 1.54) is 36.1 Å². The van der Waals surface area contributed by atoms with Crippen molar-refractivity contribution in [3.8, 4) is 33.8 Å². The maximum atomic E-state index is 5.33. The van der Waals surface area contributed by atoms with Gasteiger partial charge in [-0.3, -0.25) is 4.98 Å². The van der Waals surface area contributed by atoms with Crippen molar-refractivity contribution in [1.29, 1.82) is 0 Å². The van der Waals surface area contributed by atoms with Gasteiger partial charge in [-0.2, -0.15) is 0 Å². The van der Waals surface area contributed by atoms with Gasteiger partial charge in [0.2, 0.25) is 0 Å². The number of benzene rings is 6. The van der Waals surface area contributed by atoms with Gasteiger partial charge in [-0.15, -0.1) is 18.9 Å². The number of nitrogens with zero attached hydrogens (tertiary/aromatic N) is 4. The number of fused-ring (bicyclic) bond motifs is 11. The molecule has 5 heteroatoms. The van der Waals surface area contributed by atoms with Gasteiger partial charge in [-0.25, -0.2) is 15.0 Å². The Morgan fingerprint density at radius 3 is 2.02 bits per heavy atom. The number of hydrogen-bond donors (Lipinski definition) is 0. The van der Waals surface area contributed by atoms with Gasteiger partial charge in [-0.1, -0.05) is 108 Å². The minimum Gasteiger partial charge on any atom is -0.255 e. The van der Waals surface area contributed by atoms with Crippen molar-refractivity contribution in [2.75, 3.05) is 0 Å². The highest BCUT2D eigenvalue weighted by Crippen LogP contribution is 2.43. The standard InChI is InChI=1S/C44H27IN4/c1-45-21-9-13-27-24-37(35-19-10-22-46-43(35)41(27)45)30-25-47-44(48-26-30)29-12-8-11-28(23-29)42-40-34-17-5-3-15-32(34)31-14-2-4-16-33(31)39(40)36-18-6-7-20-38(36)49-42/h2-26H,1H2. The van der Waals surface area contributed by atoms with E-state index in [0.717, 1.165) is 55.1 Å². The Labute approximate surface area is 288 Å². The predicted molar refractivity (Wildman–Crippen MR) is 216 cm³/mol. The Kier molecular flexibility index (Phi) is 6.42. The van der Waals surface area contributed by atoms with E-state index in [2.05, 4.69) is 130 Å². The number of aromatic nitrogens is 4. The van der Waals surface area contributed by atoms with Crippen LogP contribution in [-0.4, -0.2) is 28.5 Å². The quantitative estimate of drug-likeness (QED) is 0.134. The molecule has 0 unspecified atom stereocenters. The normalized spacial score (nSPS) is 13.0. The Morgan fingerprint density at radius 2 is 1.22 bits per heavy atom. The van der Waals surface area contributed by atoms with Crippen LogP contribution in [-0.2, 0) is 0 Å². The summed E-state index contributed by atoms with van der Waals surface area (Å²) < 4.78 is 8.09. The molecule has 1 aliphatic rings. The number of para-hydroxylation sites is 1. The Hall–Kier alpha value is -5.79. The maximum Gasteiger partial charge on any atom is 0.159 e. The summed E-state index contributed by atoms with van der Waals surface area (Å²) in [6.07, 6.45) is 10.1. The summed E-state index contributed by atoms with van der Waals surface area (Å²) in [5.74, 6) is 0.673. The summed E-state index contributed by atoms with van der Waals surface area (Å²) in [5.41, 5.74) is 8.21. The maximum absolute atomic E-state index is 5.33. The summed E-state index contributed by atoms with van der Waals surface area (Å²) in [5, 5.41) is 9.57. The molecule has 6 aromatic carbocycles. The average Bonchev–Trinajstić information content (AvgIpc) is 3.17. The molecule has 10 rings (SSSR count). The first-order valence-electron chi connectivity index (χ1n) is 16.2. The highest BCUT2D eigenvalue weighted by Gasteiger charge is 2.19. The van der Waals surface area contributed by atoms with Gasteiger partial charge in [0.1, 0.15) is 0 Å². The summed E-state index contributed by atoms with van der Waals surface area (Å²) in [4.78, 5) is 20.0. The first-order chi connectivity index (χ1) is 24.2. The Morgan fingerprint density at radius 1 is 0.551 bits per heavy atom. The van der Waals surface area contributed by atoms with Gasteiger partial charge in [0.25, 0.3) is 0 Å². The molecule has 230 valence electrons. The summed E-state index contributed by atoms with van der Waals surface area (Å²) in [6.45, 7) is 0. The first-order valence-corrected chi connectivity index (χ1v) is 20.0. The number of hydrogen-bond acceptors (Lipinski definition) is 4. The molecule has 0 radical (unpaired) electrons. The smallest absolute Gasteiger partial charge is 0.159 e. The van der Waals surface area contributed by atoms with Gasteiger partial charge in [0.15, 0.2) is 5.82 Å². The van der Waals surface area contributed by atoms with Crippen molar-refractivity contribution in [2.45, 2.75) is 0 Å². The van der Waals surface area contributed by atoms with Gasteiger partial charge in [0, 0.05) is 60.4 Å². The molecular formula is C44H27IN4. The molecule has 4 heterocycles. The summed E-state index contributed by atoms with van der Waals surface area (Å²) in [7, 11) is 0. The second-order valence-corrected chi connectivity index (χ2v) is 16.4. The molecule has 49 heavy (non-hydrogen) atoms. The van der Waals surface area contributed by atoms with Crippen LogP contribution < -0.4 is 0 Å². The van der Waals surface area contributed by atoms with Crippen LogP contribution in [0.25, 0.3) is 94.0 Å². The molecule has 0 spiro atoms. The molecule has 0 amide bonds. The molecular weight excluding hydrogens is 711 g/mol. The third-order valence-electron chi connectivity index (χ3n) is 9.53. The molecule has 3 aromatic heterocycles. The van der Waals surface area contributed by atoms with Crippen molar-refractivity contribution in [3.05, 3.63) is 149 Å². The fraction of sp³-hybridized carbons (Fsp3) is 0. The second-order valence-electron chi connectivity index (χ2n) is 12.3. The van der Waals surface area contributed by atoms with Crippen LogP contribution in [0.5, 0.6) is 0 Å². The molecule has 4 nitrogen and oxygen atoms in total. The summed E-state index contributed by atoms with van der Waals surface area (Å²) >= 11 is -1.65. The van der Waals surface area contributed by atoms with Crippen LogP contribution in [0, 0.1) is 3.57 Å². The van der Waals surface area contributed by atoms with Crippen molar-refractivity contribution in [2.24, 2.45) is 0 Å². The molecule has 0 fully saturated rings. The third-order valence-corrected chi connectivity index (χ3v) is 13.3. The van der Waals surface area contributed by atoms with E-state index >= 15 is 0 Å². The second kappa shape index (κ2) is 11.1. The molecule has 0 aliphatic carbocycles. The molecule has 0 bridgehead atoms. The zero-order valence-electron chi connectivity index (χ0n) is 26.3. The third kappa shape index (κ3) is 4.42. The molecule has 1 aliphatic heterocycles. The molecule has 0 saturated heterocycles. The fourth-order valence-electron chi connectivity index (χ4n) is 7.39. The van der Waals surface area contributed by atoms with E-state index in [9.17, 15) is 0 Å². The monoisotopic (exact) mass is 738 g/mol. The summed E-state index contributed by atoms with van der Waals surface area (Å²) in [6, 6.07) is 40.8. The van der Waals surface area contributed by atoms with E-state index in [1.807, 2.05) is 24.7 Å². The van der Waals surface area contributed by atoms with Gasteiger partial charge < -0.3 is 0 Å². The zero-order valence-corrected chi connectivity index (χ0v) is 28.5.